The zero-order valence-electron chi connectivity index (χ0n) is 23.0. The minimum atomic E-state index is 1.05. The van der Waals surface area contributed by atoms with E-state index in [0.29, 0.717) is 0 Å². The lowest BCUT2D eigenvalue weighted by Gasteiger charge is -2.03. The van der Waals surface area contributed by atoms with Gasteiger partial charge in [-0.1, -0.05) is 47.0 Å². The standard InChI is InChI=1S/C6H10.2C5H10N2.C5H13N.C5H12/c1-3-5-6-4-2;2*1-5-3-4-7(2)6-5;1-4-5-6(2)3;1-3-5-4-2/h3,5H2,1-2H3;2*3-4H2,1-2H3;4-5H2,1-3H3;3-5H2,1-2H3. The molecule has 0 unspecified atom stereocenters. The van der Waals surface area contributed by atoms with Crippen molar-refractivity contribution in [3.8, 4) is 11.8 Å². The van der Waals surface area contributed by atoms with E-state index in [0.717, 1.165) is 32.4 Å². The Bertz CT molecular complexity index is 458. The molecule has 0 spiro atoms. The number of rotatable bonds is 5. The molecule has 0 aliphatic carbocycles. The molecule has 0 atom stereocenters. The van der Waals surface area contributed by atoms with Crippen LogP contribution in [-0.2, 0) is 0 Å². The molecule has 0 bridgehead atoms. The van der Waals surface area contributed by atoms with Gasteiger partial charge in [0.15, 0.2) is 0 Å². The van der Waals surface area contributed by atoms with E-state index in [9.17, 15) is 0 Å². The van der Waals surface area contributed by atoms with E-state index in [-0.39, 0.29) is 0 Å². The average Bonchev–Trinajstić information content (AvgIpc) is 3.28. The first-order valence-electron chi connectivity index (χ1n) is 12.2. The fourth-order valence-corrected chi connectivity index (χ4v) is 2.48. The Morgan fingerprint density at radius 2 is 1.26 bits per heavy atom. The highest BCUT2D eigenvalue weighted by atomic mass is 15.5. The summed E-state index contributed by atoms with van der Waals surface area (Å²) in [5.41, 5.74) is 2.50. The zero-order valence-corrected chi connectivity index (χ0v) is 23.0. The van der Waals surface area contributed by atoms with E-state index >= 15 is 0 Å². The van der Waals surface area contributed by atoms with Gasteiger partial charge in [-0.3, -0.25) is 10.0 Å². The first-order valence-corrected chi connectivity index (χ1v) is 12.2. The number of hydrogen-bond acceptors (Lipinski definition) is 5. The van der Waals surface area contributed by atoms with Gasteiger partial charge in [-0.05, 0) is 54.3 Å². The van der Waals surface area contributed by atoms with Crippen LogP contribution >= 0.6 is 0 Å². The first kappa shape index (κ1) is 34.1. The van der Waals surface area contributed by atoms with Gasteiger partial charge in [0.1, 0.15) is 0 Å². The van der Waals surface area contributed by atoms with Gasteiger partial charge >= 0.3 is 0 Å². The van der Waals surface area contributed by atoms with E-state index in [1.807, 2.05) is 31.0 Å². The topological polar surface area (TPSA) is 34.4 Å². The molecule has 2 heterocycles. The van der Waals surface area contributed by atoms with Crippen molar-refractivity contribution in [3.63, 3.8) is 0 Å². The SMILES string of the molecule is CC#CCCC.CC1=NN(C)CC1.CC1=NN(C)CC1.CCCCC.CCCN(C)C. The van der Waals surface area contributed by atoms with E-state index in [2.05, 4.69) is 82.6 Å². The van der Waals surface area contributed by atoms with Crippen molar-refractivity contribution in [2.45, 2.75) is 99.8 Å². The highest BCUT2D eigenvalue weighted by Crippen LogP contribution is 2.00. The van der Waals surface area contributed by atoms with Crippen LogP contribution in [0.15, 0.2) is 10.2 Å². The third-order valence-electron chi connectivity index (χ3n) is 4.21. The third kappa shape index (κ3) is 33.3. The van der Waals surface area contributed by atoms with E-state index in [1.165, 1.54) is 50.1 Å². The minimum Gasteiger partial charge on any atom is -0.309 e. The highest BCUT2D eigenvalue weighted by Gasteiger charge is 2.03. The van der Waals surface area contributed by atoms with Crippen LogP contribution in [0.2, 0.25) is 0 Å². The summed E-state index contributed by atoms with van der Waals surface area (Å²) in [7, 11) is 8.17. The van der Waals surface area contributed by atoms with Crippen molar-refractivity contribution in [3.05, 3.63) is 0 Å². The van der Waals surface area contributed by atoms with Crippen LogP contribution in [0.1, 0.15) is 99.8 Å². The molecule has 31 heavy (non-hydrogen) atoms. The summed E-state index contributed by atoms with van der Waals surface area (Å²) in [6, 6.07) is 0. The van der Waals surface area contributed by atoms with Crippen molar-refractivity contribution in [2.24, 2.45) is 10.2 Å². The average molecular weight is 438 g/mol. The van der Waals surface area contributed by atoms with Crippen molar-refractivity contribution in [2.75, 3.05) is 47.8 Å². The smallest absolute Gasteiger partial charge is 0.0409 e. The van der Waals surface area contributed by atoms with E-state index < -0.39 is 0 Å². The molecule has 0 N–H and O–H groups in total. The lowest BCUT2D eigenvalue weighted by atomic mass is 10.3. The zero-order chi connectivity index (χ0) is 24.5. The summed E-state index contributed by atoms with van der Waals surface area (Å²) in [6.45, 7) is 18.1. The van der Waals surface area contributed by atoms with Crippen LogP contribution < -0.4 is 0 Å². The van der Waals surface area contributed by atoms with Gasteiger partial charge in [0.05, 0.1) is 0 Å². The maximum Gasteiger partial charge on any atom is 0.0409 e. The molecule has 5 nitrogen and oxygen atoms in total. The van der Waals surface area contributed by atoms with Gasteiger partial charge in [0.25, 0.3) is 0 Å². The van der Waals surface area contributed by atoms with Crippen LogP contribution in [0.4, 0.5) is 0 Å². The molecule has 5 heteroatoms. The molecule has 0 aromatic heterocycles. The third-order valence-corrected chi connectivity index (χ3v) is 4.21. The molecule has 0 aromatic rings. The summed E-state index contributed by atoms with van der Waals surface area (Å²) in [4.78, 5) is 2.18. The largest absolute Gasteiger partial charge is 0.309 e. The molecular weight excluding hydrogens is 382 g/mol. The highest BCUT2D eigenvalue weighted by molar-refractivity contribution is 5.83. The van der Waals surface area contributed by atoms with Crippen molar-refractivity contribution in [1.29, 1.82) is 0 Å². The molecule has 0 aromatic carbocycles. The Balaban J connectivity index is -0.000000318. The molecule has 0 saturated heterocycles. The summed E-state index contributed by atoms with van der Waals surface area (Å²) >= 11 is 0. The second-order valence-electron chi connectivity index (χ2n) is 8.27. The maximum absolute atomic E-state index is 4.14. The minimum absolute atomic E-state index is 1.05. The van der Waals surface area contributed by atoms with Crippen LogP contribution in [-0.4, -0.2) is 74.2 Å². The molecule has 0 radical (unpaired) electrons. The van der Waals surface area contributed by atoms with Gasteiger partial charge in [0, 0.05) is 57.9 Å². The predicted octanol–water partition coefficient (Wildman–Crippen LogP) is 6.36. The lowest BCUT2D eigenvalue weighted by Crippen LogP contribution is -2.11. The molecule has 2 aliphatic heterocycles. The Morgan fingerprint density at radius 3 is 1.32 bits per heavy atom. The molecule has 2 aliphatic rings. The van der Waals surface area contributed by atoms with Gasteiger partial charge < -0.3 is 4.90 Å². The fraction of sp³-hybridized carbons (Fsp3) is 0.846. The Kier molecular flexibility index (Phi) is 29.1. The van der Waals surface area contributed by atoms with Crippen molar-refractivity contribution >= 4 is 11.4 Å². The monoisotopic (exact) mass is 437 g/mol. The molecule has 0 fully saturated rings. The van der Waals surface area contributed by atoms with Gasteiger partial charge in [-0.15, -0.1) is 11.8 Å². The van der Waals surface area contributed by atoms with Crippen LogP contribution in [0.25, 0.3) is 0 Å². The van der Waals surface area contributed by atoms with E-state index in [4.69, 9.17) is 0 Å². The van der Waals surface area contributed by atoms with Gasteiger partial charge in [-0.25, -0.2) is 0 Å². The Labute approximate surface area is 196 Å². The summed E-state index contributed by atoms with van der Waals surface area (Å²) in [5.74, 6) is 5.77. The number of hydrogen-bond donors (Lipinski definition) is 0. The second-order valence-corrected chi connectivity index (χ2v) is 8.27. The molecule has 2 rings (SSSR count). The van der Waals surface area contributed by atoms with Crippen LogP contribution in [0, 0.1) is 11.8 Å². The summed E-state index contributed by atoms with van der Waals surface area (Å²) in [6.07, 6.45) is 9.87. The van der Waals surface area contributed by atoms with Gasteiger partial charge in [0.2, 0.25) is 0 Å². The molecule has 0 amide bonds. The Hall–Kier alpha value is -1.54. The molecular formula is C26H55N5. The van der Waals surface area contributed by atoms with Gasteiger partial charge in [-0.2, -0.15) is 10.2 Å². The summed E-state index contributed by atoms with van der Waals surface area (Å²) in [5, 5.41) is 12.2. The summed E-state index contributed by atoms with van der Waals surface area (Å²) < 4.78 is 0. The molecule has 0 saturated carbocycles. The van der Waals surface area contributed by atoms with Crippen LogP contribution in [0.5, 0.6) is 0 Å². The number of nitrogens with zero attached hydrogens (tertiary/aromatic N) is 5. The molecule has 184 valence electrons. The maximum atomic E-state index is 4.14. The van der Waals surface area contributed by atoms with E-state index in [1.54, 1.807) is 0 Å². The van der Waals surface area contributed by atoms with Crippen molar-refractivity contribution in [1.82, 2.24) is 14.9 Å². The second kappa shape index (κ2) is 26.5. The predicted molar refractivity (Wildman–Crippen MR) is 143 cm³/mol. The first-order chi connectivity index (χ1) is 14.7. The normalized spacial score (nSPS) is 13.7. The number of hydrazone groups is 2. The number of unbranched alkanes of at least 4 members (excludes halogenated alkanes) is 3. The quantitative estimate of drug-likeness (QED) is 0.469. The van der Waals surface area contributed by atoms with Crippen LogP contribution in [0.3, 0.4) is 0 Å². The lowest BCUT2D eigenvalue weighted by molar-refractivity contribution is 0.393. The Morgan fingerprint density at radius 1 is 0.806 bits per heavy atom. The van der Waals surface area contributed by atoms with Crippen molar-refractivity contribution < 1.29 is 0 Å². The fourth-order valence-electron chi connectivity index (χ4n) is 2.48.